The van der Waals surface area contributed by atoms with E-state index in [1.54, 1.807) is 17.9 Å². The number of carbonyl (C=O) groups is 1. The second-order valence-corrected chi connectivity index (χ2v) is 11.3. The van der Waals surface area contributed by atoms with E-state index in [-0.39, 0.29) is 43.0 Å². The maximum atomic E-state index is 13.4. The first-order valence-corrected chi connectivity index (χ1v) is 13.0. The first kappa shape index (κ1) is 25.4. The van der Waals surface area contributed by atoms with Gasteiger partial charge in [0.1, 0.15) is 17.3 Å². The molecule has 1 aromatic rings. The molecular weight excluding hydrogens is 446 g/mol. The average Bonchev–Trinajstić information content (AvgIpc) is 3.20. The van der Waals surface area contributed by atoms with Crippen LogP contribution in [0.4, 0.5) is 0 Å². The lowest BCUT2D eigenvalue weighted by molar-refractivity contribution is 0.0373. The molecule has 2 aliphatic rings. The van der Waals surface area contributed by atoms with Crippen LogP contribution in [0.15, 0.2) is 12.3 Å². The minimum atomic E-state index is -3.43. The molecule has 1 fully saturated rings. The quantitative estimate of drug-likeness (QED) is 0.601. The summed E-state index contributed by atoms with van der Waals surface area (Å²) in [5, 5.41) is 20.2. The summed E-state index contributed by atoms with van der Waals surface area (Å²) in [6.45, 7) is 3.76. The van der Waals surface area contributed by atoms with E-state index in [2.05, 4.69) is 16.8 Å². The Morgan fingerprint density at radius 3 is 2.67 bits per heavy atom. The third-order valence-corrected chi connectivity index (χ3v) is 7.68. The number of likely N-dealkylation sites (N-methyl/N-ethyl adjacent to an activating group) is 1. The average molecular weight is 480 g/mol. The molecule has 0 saturated heterocycles. The molecule has 0 unspecified atom stereocenters. The highest BCUT2D eigenvalue weighted by atomic mass is 32.2. The number of pyridine rings is 1. The molecule has 0 bridgehead atoms. The molecule has 182 valence electrons. The number of fused-ring (bicyclic) bond motifs is 1. The van der Waals surface area contributed by atoms with Gasteiger partial charge in [-0.05, 0) is 38.7 Å². The minimum absolute atomic E-state index is 0.0885. The number of carbonyl (C=O) groups excluding carboxylic acids is 1. The van der Waals surface area contributed by atoms with Crippen LogP contribution in [-0.2, 0) is 10.0 Å². The number of hydrogen-bond acceptors (Lipinski definition) is 7. The van der Waals surface area contributed by atoms with Crippen LogP contribution in [0.25, 0.3) is 0 Å². The van der Waals surface area contributed by atoms with Crippen molar-refractivity contribution >= 4 is 15.9 Å². The Morgan fingerprint density at radius 1 is 1.39 bits per heavy atom. The third-order valence-electron chi connectivity index (χ3n) is 6.39. The van der Waals surface area contributed by atoms with Crippen LogP contribution in [0.5, 0.6) is 5.88 Å². The number of aliphatic hydroxyl groups is 2. The van der Waals surface area contributed by atoms with Crippen molar-refractivity contribution in [2.45, 2.75) is 57.3 Å². The Bertz CT molecular complexity index is 1040. The number of rotatable bonds is 5. The smallest absolute Gasteiger partial charge is 0.259 e. The number of nitrogens with zero attached hydrogens (tertiary/aromatic N) is 3. The van der Waals surface area contributed by atoms with Crippen LogP contribution in [0, 0.1) is 17.8 Å². The molecule has 0 spiro atoms. The van der Waals surface area contributed by atoms with Gasteiger partial charge in [0, 0.05) is 31.3 Å². The van der Waals surface area contributed by atoms with Crippen LogP contribution in [0.2, 0.25) is 0 Å². The van der Waals surface area contributed by atoms with Crippen LogP contribution in [0.1, 0.15) is 55.5 Å². The molecule has 2 heterocycles. The predicted molar refractivity (Wildman–Crippen MR) is 123 cm³/mol. The first-order valence-electron chi connectivity index (χ1n) is 11.2. The zero-order valence-corrected chi connectivity index (χ0v) is 20.4. The Morgan fingerprint density at radius 2 is 2.06 bits per heavy atom. The minimum Gasteiger partial charge on any atom is -0.472 e. The fraction of sp³-hybridized carbons (Fsp3) is 0.652. The van der Waals surface area contributed by atoms with E-state index in [0.29, 0.717) is 18.4 Å². The zero-order valence-electron chi connectivity index (χ0n) is 19.6. The van der Waals surface area contributed by atoms with E-state index >= 15 is 0 Å². The third kappa shape index (κ3) is 6.03. The van der Waals surface area contributed by atoms with Gasteiger partial charge in [-0.15, -0.1) is 0 Å². The van der Waals surface area contributed by atoms with Crippen LogP contribution in [0.3, 0.4) is 0 Å². The topological polar surface area (TPSA) is 120 Å². The van der Waals surface area contributed by atoms with Gasteiger partial charge in [-0.1, -0.05) is 18.8 Å². The molecule has 1 aliphatic heterocycles. The van der Waals surface area contributed by atoms with E-state index < -0.39 is 27.8 Å². The van der Waals surface area contributed by atoms with Crippen molar-refractivity contribution in [2.75, 3.05) is 33.0 Å². The number of aliphatic hydroxyl groups excluding tert-OH is 1. The maximum Gasteiger partial charge on any atom is 0.259 e. The van der Waals surface area contributed by atoms with Crippen molar-refractivity contribution in [1.29, 1.82) is 0 Å². The molecule has 3 atom stereocenters. The molecule has 0 radical (unpaired) electrons. The van der Waals surface area contributed by atoms with Gasteiger partial charge < -0.3 is 19.8 Å². The molecular formula is C23H33N3O6S. The van der Waals surface area contributed by atoms with Crippen molar-refractivity contribution in [2.24, 2.45) is 5.92 Å². The zero-order chi connectivity index (χ0) is 24.4. The van der Waals surface area contributed by atoms with Gasteiger partial charge in [0.15, 0.2) is 0 Å². The molecule has 9 nitrogen and oxygen atoms in total. The van der Waals surface area contributed by atoms with Gasteiger partial charge in [-0.3, -0.25) is 4.79 Å². The Balaban J connectivity index is 1.99. The fourth-order valence-corrected chi connectivity index (χ4v) is 4.47. The second kappa shape index (κ2) is 9.97. The summed E-state index contributed by atoms with van der Waals surface area (Å²) in [7, 11) is -1.95. The number of aromatic nitrogens is 1. The molecule has 0 aromatic carbocycles. The summed E-state index contributed by atoms with van der Waals surface area (Å²) in [5.74, 6) is 5.38. The van der Waals surface area contributed by atoms with E-state index in [0.717, 1.165) is 19.1 Å². The highest BCUT2D eigenvalue weighted by molar-refractivity contribution is 7.88. The van der Waals surface area contributed by atoms with Gasteiger partial charge in [-0.2, -0.15) is 0 Å². The standard InChI is InChI=1S/C23H33N3O6S/c1-16-13-26(17(2)15-27)22(28)19-11-18(7-10-23(29)8-5-6-9-23)12-24-21(19)32-20(16)14-25(3)33(4,30)31/h11-12,16-17,20,27,29H,5-6,8-9,13-15H2,1-4H3/t16-,17-,20-/m0/s1. The summed E-state index contributed by atoms with van der Waals surface area (Å²) in [4.78, 5) is 19.3. The summed E-state index contributed by atoms with van der Waals surface area (Å²) in [5.41, 5.74) is -0.348. The first-order chi connectivity index (χ1) is 15.4. The van der Waals surface area contributed by atoms with Gasteiger partial charge in [-0.25, -0.2) is 17.7 Å². The van der Waals surface area contributed by atoms with Crippen molar-refractivity contribution in [1.82, 2.24) is 14.2 Å². The Labute approximate surface area is 195 Å². The van der Waals surface area contributed by atoms with E-state index in [4.69, 9.17) is 4.74 Å². The molecule has 1 aromatic heterocycles. The molecule has 33 heavy (non-hydrogen) atoms. The highest BCUT2D eigenvalue weighted by Gasteiger charge is 2.35. The SMILES string of the molecule is C[C@H]1CN([C@@H](C)CO)C(=O)c2cc(C#CC3(O)CCCC3)cnc2O[C@H]1CN(C)S(C)(=O)=O. The van der Waals surface area contributed by atoms with Crippen LogP contribution < -0.4 is 4.74 Å². The lowest BCUT2D eigenvalue weighted by Crippen LogP contribution is -2.50. The normalized spacial score (nSPS) is 23.7. The lowest BCUT2D eigenvalue weighted by Gasteiger charge is -2.37. The lowest BCUT2D eigenvalue weighted by atomic mass is 10.00. The second-order valence-electron chi connectivity index (χ2n) is 9.23. The summed E-state index contributed by atoms with van der Waals surface area (Å²) in [6, 6.07) is 1.13. The van der Waals surface area contributed by atoms with Crippen molar-refractivity contribution in [3.63, 3.8) is 0 Å². The van der Waals surface area contributed by atoms with Gasteiger partial charge in [0.25, 0.3) is 5.91 Å². The Kier molecular flexibility index (Phi) is 7.69. The predicted octanol–water partition coefficient (Wildman–Crippen LogP) is 0.850. The van der Waals surface area contributed by atoms with Gasteiger partial charge in [0.05, 0.1) is 25.4 Å². The van der Waals surface area contributed by atoms with Crippen LogP contribution >= 0.6 is 0 Å². The van der Waals surface area contributed by atoms with Gasteiger partial charge >= 0.3 is 0 Å². The Hall–Kier alpha value is -2.19. The van der Waals surface area contributed by atoms with Crippen molar-refractivity contribution < 1.29 is 28.2 Å². The van der Waals surface area contributed by atoms with E-state index in [1.165, 1.54) is 17.5 Å². The van der Waals surface area contributed by atoms with E-state index in [1.807, 2.05) is 6.92 Å². The summed E-state index contributed by atoms with van der Waals surface area (Å²) < 4.78 is 31.2. The fourth-order valence-electron chi connectivity index (χ4n) is 4.05. The number of hydrogen-bond donors (Lipinski definition) is 2. The van der Waals surface area contributed by atoms with Crippen molar-refractivity contribution in [3.8, 4) is 17.7 Å². The summed E-state index contributed by atoms with van der Waals surface area (Å²) >= 11 is 0. The van der Waals surface area contributed by atoms with Gasteiger partial charge in [0.2, 0.25) is 15.9 Å². The maximum absolute atomic E-state index is 13.4. The molecule has 3 rings (SSSR count). The molecule has 10 heteroatoms. The summed E-state index contributed by atoms with van der Waals surface area (Å²) in [6.07, 6.45) is 5.14. The molecule has 1 saturated carbocycles. The molecule has 1 aliphatic carbocycles. The van der Waals surface area contributed by atoms with Crippen molar-refractivity contribution in [3.05, 3.63) is 23.4 Å². The number of ether oxygens (including phenoxy) is 1. The largest absolute Gasteiger partial charge is 0.472 e. The van der Waals surface area contributed by atoms with Crippen LogP contribution in [-0.4, -0.2) is 89.5 Å². The highest BCUT2D eigenvalue weighted by Crippen LogP contribution is 2.30. The van der Waals surface area contributed by atoms with E-state index in [9.17, 15) is 23.4 Å². The monoisotopic (exact) mass is 479 g/mol. The molecule has 2 N–H and O–H groups in total. The number of amides is 1. The molecule has 1 amide bonds. The number of sulfonamides is 1.